The number of ether oxygens (including phenoxy) is 1. The van der Waals surface area contributed by atoms with E-state index in [1.807, 2.05) is 6.07 Å². The van der Waals surface area contributed by atoms with Crippen molar-refractivity contribution in [1.82, 2.24) is 0 Å². The molecule has 0 heterocycles. The number of benzene rings is 2. The molecule has 0 bridgehead atoms. The predicted octanol–water partition coefficient (Wildman–Crippen LogP) is 3.94. The molecule has 0 amide bonds. The molecule has 0 radical (unpaired) electrons. The monoisotopic (exact) mass is 280 g/mol. The molecular formula is C19H20O2. The van der Waals surface area contributed by atoms with Crippen molar-refractivity contribution < 1.29 is 9.53 Å². The van der Waals surface area contributed by atoms with E-state index in [1.54, 1.807) is 0 Å². The largest absolute Gasteiger partial charge is 0.469 e. The minimum Gasteiger partial charge on any atom is -0.469 e. The molecule has 1 aliphatic carbocycles. The summed E-state index contributed by atoms with van der Waals surface area (Å²) in [7, 11) is 1.47. The Bertz CT molecular complexity index is 618. The van der Waals surface area contributed by atoms with Crippen LogP contribution in [0.2, 0.25) is 0 Å². The third-order valence-corrected chi connectivity index (χ3v) is 4.46. The van der Waals surface area contributed by atoms with Gasteiger partial charge in [-0.05, 0) is 35.4 Å². The van der Waals surface area contributed by atoms with Gasteiger partial charge in [0, 0.05) is 12.3 Å². The van der Waals surface area contributed by atoms with Crippen LogP contribution in [0.25, 0.3) is 0 Å². The van der Waals surface area contributed by atoms with E-state index < -0.39 is 0 Å². The molecule has 2 nitrogen and oxygen atoms in total. The lowest BCUT2D eigenvalue weighted by Gasteiger charge is -2.33. The Morgan fingerprint density at radius 3 is 2.57 bits per heavy atom. The first-order valence-electron chi connectivity index (χ1n) is 7.49. The Morgan fingerprint density at radius 1 is 1.10 bits per heavy atom. The van der Waals surface area contributed by atoms with Gasteiger partial charge >= 0.3 is 5.97 Å². The van der Waals surface area contributed by atoms with Crippen molar-refractivity contribution in [3.63, 3.8) is 0 Å². The van der Waals surface area contributed by atoms with Crippen LogP contribution in [0.15, 0.2) is 54.6 Å². The summed E-state index contributed by atoms with van der Waals surface area (Å²) in [6, 6.07) is 19.1. The molecule has 21 heavy (non-hydrogen) atoms. The average molecular weight is 280 g/mol. The number of fused-ring (bicyclic) bond motifs is 1. The first-order valence-corrected chi connectivity index (χ1v) is 7.49. The highest BCUT2D eigenvalue weighted by Gasteiger charge is 2.32. The molecule has 0 aliphatic heterocycles. The molecule has 1 aliphatic rings. The lowest BCUT2D eigenvalue weighted by atomic mass is 9.71. The molecule has 0 saturated heterocycles. The fourth-order valence-corrected chi connectivity index (χ4v) is 3.46. The van der Waals surface area contributed by atoms with Crippen molar-refractivity contribution in [2.45, 2.75) is 25.2 Å². The van der Waals surface area contributed by atoms with E-state index in [1.165, 1.54) is 23.8 Å². The smallest absolute Gasteiger partial charge is 0.305 e. The number of hydrogen-bond acceptors (Lipinski definition) is 2. The van der Waals surface area contributed by atoms with E-state index in [9.17, 15) is 4.79 Å². The summed E-state index contributed by atoms with van der Waals surface area (Å²) in [4.78, 5) is 11.7. The number of rotatable bonds is 3. The van der Waals surface area contributed by atoms with Crippen molar-refractivity contribution >= 4 is 5.97 Å². The van der Waals surface area contributed by atoms with Crippen molar-refractivity contribution in [2.24, 2.45) is 5.92 Å². The highest BCUT2D eigenvalue weighted by atomic mass is 16.5. The maximum atomic E-state index is 11.7. The molecule has 0 N–H and O–H groups in total. The van der Waals surface area contributed by atoms with Gasteiger partial charge in [-0.2, -0.15) is 0 Å². The number of esters is 1. The van der Waals surface area contributed by atoms with Gasteiger partial charge in [0.2, 0.25) is 0 Å². The topological polar surface area (TPSA) is 26.3 Å². The maximum Gasteiger partial charge on any atom is 0.305 e. The van der Waals surface area contributed by atoms with E-state index >= 15 is 0 Å². The molecule has 2 heteroatoms. The molecular weight excluding hydrogens is 260 g/mol. The first kappa shape index (κ1) is 13.9. The number of aryl methyl sites for hydroxylation is 1. The second-order valence-corrected chi connectivity index (χ2v) is 5.67. The molecule has 0 spiro atoms. The van der Waals surface area contributed by atoms with Gasteiger partial charge in [0.1, 0.15) is 0 Å². The third-order valence-electron chi connectivity index (χ3n) is 4.46. The van der Waals surface area contributed by atoms with Gasteiger partial charge in [-0.1, -0.05) is 54.6 Å². The number of methoxy groups -OCH3 is 1. The van der Waals surface area contributed by atoms with Gasteiger partial charge in [-0.25, -0.2) is 0 Å². The number of carbonyl (C=O) groups is 1. The summed E-state index contributed by atoms with van der Waals surface area (Å²) in [6.45, 7) is 0. The van der Waals surface area contributed by atoms with Gasteiger partial charge < -0.3 is 4.74 Å². The number of carbonyl (C=O) groups excluding carboxylic acids is 1. The normalized spacial score (nSPS) is 20.6. The molecule has 0 saturated carbocycles. The minimum atomic E-state index is -0.111. The zero-order valence-electron chi connectivity index (χ0n) is 12.3. The summed E-state index contributed by atoms with van der Waals surface area (Å²) in [6.07, 6.45) is 2.57. The van der Waals surface area contributed by atoms with E-state index in [2.05, 4.69) is 48.5 Å². The third kappa shape index (κ3) is 2.85. The molecule has 2 aromatic rings. The average Bonchev–Trinajstić information content (AvgIpc) is 2.55. The molecule has 0 aromatic heterocycles. The maximum absolute atomic E-state index is 11.7. The van der Waals surface area contributed by atoms with Crippen LogP contribution in [0.1, 0.15) is 35.4 Å². The van der Waals surface area contributed by atoms with Crippen LogP contribution in [0.5, 0.6) is 0 Å². The SMILES string of the molecule is COC(=O)C[C@H]1CCc2ccccc2[C@H]1c1ccccc1. The van der Waals surface area contributed by atoms with Crippen molar-refractivity contribution in [3.8, 4) is 0 Å². The standard InChI is InChI=1S/C19H20O2/c1-21-18(20)13-16-12-11-14-7-5-6-10-17(14)19(16)15-8-3-2-4-9-15/h2-10,16,19H,11-13H2,1H3/t16-,19+/m1/s1. The number of hydrogen-bond donors (Lipinski definition) is 0. The lowest BCUT2D eigenvalue weighted by molar-refractivity contribution is -0.141. The van der Waals surface area contributed by atoms with Crippen LogP contribution in [-0.2, 0) is 16.0 Å². The van der Waals surface area contributed by atoms with Gasteiger partial charge in [-0.3, -0.25) is 4.79 Å². The predicted molar refractivity (Wildman–Crippen MR) is 83.2 cm³/mol. The molecule has 2 aromatic carbocycles. The second kappa shape index (κ2) is 6.13. The van der Waals surface area contributed by atoms with E-state index in [0.717, 1.165) is 12.8 Å². The van der Waals surface area contributed by atoms with Crippen LogP contribution >= 0.6 is 0 Å². The quantitative estimate of drug-likeness (QED) is 0.796. The highest BCUT2D eigenvalue weighted by molar-refractivity contribution is 5.70. The molecule has 2 atom stereocenters. The fourth-order valence-electron chi connectivity index (χ4n) is 3.46. The van der Waals surface area contributed by atoms with Crippen molar-refractivity contribution in [3.05, 3.63) is 71.3 Å². The summed E-state index contributed by atoms with van der Waals surface area (Å²) in [5.41, 5.74) is 4.06. The zero-order chi connectivity index (χ0) is 14.7. The van der Waals surface area contributed by atoms with Crippen LogP contribution in [0.3, 0.4) is 0 Å². The fraction of sp³-hybridized carbons (Fsp3) is 0.316. The van der Waals surface area contributed by atoms with Crippen LogP contribution in [-0.4, -0.2) is 13.1 Å². The molecule has 108 valence electrons. The Kier molecular flexibility index (Phi) is 4.05. The minimum absolute atomic E-state index is 0.111. The summed E-state index contributed by atoms with van der Waals surface area (Å²) in [5.74, 6) is 0.491. The van der Waals surface area contributed by atoms with E-state index in [0.29, 0.717) is 12.3 Å². The molecule has 0 unspecified atom stereocenters. The molecule has 0 fully saturated rings. The highest BCUT2D eigenvalue weighted by Crippen LogP contribution is 2.42. The zero-order valence-corrected chi connectivity index (χ0v) is 12.3. The Labute approximate surface area is 125 Å². The Balaban J connectivity index is 2.01. The van der Waals surface area contributed by atoms with Crippen molar-refractivity contribution in [2.75, 3.05) is 7.11 Å². The Morgan fingerprint density at radius 2 is 1.81 bits per heavy atom. The van der Waals surface area contributed by atoms with Gasteiger partial charge in [0.05, 0.1) is 7.11 Å². The van der Waals surface area contributed by atoms with Crippen LogP contribution in [0.4, 0.5) is 0 Å². The second-order valence-electron chi connectivity index (χ2n) is 5.67. The summed E-state index contributed by atoms with van der Waals surface area (Å²) >= 11 is 0. The van der Waals surface area contributed by atoms with Crippen molar-refractivity contribution in [1.29, 1.82) is 0 Å². The van der Waals surface area contributed by atoms with Gasteiger partial charge in [0.15, 0.2) is 0 Å². The van der Waals surface area contributed by atoms with Gasteiger partial charge in [-0.15, -0.1) is 0 Å². The lowest BCUT2D eigenvalue weighted by Crippen LogP contribution is -2.24. The summed E-state index contributed by atoms with van der Waals surface area (Å²) < 4.78 is 4.89. The molecule has 3 rings (SSSR count). The Hall–Kier alpha value is -2.09. The van der Waals surface area contributed by atoms with Gasteiger partial charge in [0.25, 0.3) is 0 Å². The van der Waals surface area contributed by atoms with E-state index in [-0.39, 0.29) is 11.9 Å². The summed E-state index contributed by atoms with van der Waals surface area (Å²) in [5, 5.41) is 0. The van der Waals surface area contributed by atoms with Crippen LogP contribution in [0, 0.1) is 5.92 Å². The van der Waals surface area contributed by atoms with Crippen LogP contribution < -0.4 is 0 Å². The van der Waals surface area contributed by atoms with E-state index in [4.69, 9.17) is 4.74 Å². The first-order chi connectivity index (χ1) is 10.3.